The summed E-state index contributed by atoms with van der Waals surface area (Å²) in [6, 6.07) is 3.46. The molecule has 2 heterocycles. The minimum atomic E-state index is 0.158. The van der Waals surface area contributed by atoms with E-state index in [0.717, 1.165) is 25.0 Å². The molecule has 0 saturated carbocycles. The Balaban J connectivity index is 2.38. The van der Waals surface area contributed by atoms with E-state index in [4.69, 9.17) is 0 Å². The molecule has 2 aromatic rings. The molecule has 14 heavy (non-hydrogen) atoms. The fourth-order valence-electron chi connectivity index (χ4n) is 1.43. The van der Waals surface area contributed by atoms with Gasteiger partial charge in [0.15, 0.2) is 5.65 Å². The molecular formula is C10H13N3O. The fraction of sp³-hybridized carbons (Fsp3) is 0.400. The van der Waals surface area contributed by atoms with Crippen molar-refractivity contribution in [1.29, 1.82) is 0 Å². The van der Waals surface area contributed by atoms with Crippen LogP contribution in [0.15, 0.2) is 18.3 Å². The van der Waals surface area contributed by atoms with Crippen LogP contribution in [-0.2, 0) is 6.42 Å². The monoisotopic (exact) mass is 191 g/mol. The van der Waals surface area contributed by atoms with E-state index >= 15 is 0 Å². The Morgan fingerprint density at radius 3 is 3.14 bits per heavy atom. The van der Waals surface area contributed by atoms with E-state index in [1.807, 2.05) is 0 Å². The van der Waals surface area contributed by atoms with Crippen molar-refractivity contribution in [2.45, 2.75) is 26.2 Å². The Hall–Kier alpha value is -1.58. The van der Waals surface area contributed by atoms with Gasteiger partial charge in [-0.05, 0) is 12.8 Å². The number of nitrogens with zero attached hydrogens (tertiary/aromatic N) is 3. The first-order chi connectivity index (χ1) is 6.81. The van der Waals surface area contributed by atoms with E-state index in [9.17, 15) is 5.11 Å². The molecule has 0 atom stereocenters. The average Bonchev–Trinajstić information content (AvgIpc) is 2.63. The summed E-state index contributed by atoms with van der Waals surface area (Å²) in [7, 11) is 0. The van der Waals surface area contributed by atoms with E-state index in [0.29, 0.717) is 5.65 Å². The number of fused-ring (bicyclic) bond motifs is 1. The Morgan fingerprint density at radius 1 is 1.50 bits per heavy atom. The first-order valence-electron chi connectivity index (χ1n) is 4.84. The van der Waals surface area contributed by atoms with Crippen LogP contribution in [0.4, 0.5) is 0 Å². The van der Waals surface area contributed by atoms with Gasteiger partial charge in [0.05, 0.1) is 6.20 Å². The second-order valence-corrected chi connectivity index (χ2v) is 3.31. The van der Waals surface area contributed by atoms with E-state index in [1.54, 1.807) is 18.3 Å². The van der Waals surface area contributed by atoms with Gasteiger partial charge in [-0.15, -0.1) is 0 Å². The van der Waals surface area contributed by atoms with Gasteiger partial charge >= 0.3 is 0 Å². The van der Waals surface area contributed by atoms with Crippen molar-refractivity contribution in [2.24, 2.45) is 0 Å². The van der Waals surface area contributed by atoms with Crippen LogP contribution in [0.3, 0.4) is 0 Å². The topological polar surface area (TPSA) is 50.4 Å². The zero-order valence-corrected chi connectivity index (χ0v) is 8.14. The number of aromatic hydroxyl groups is 1. The number of unbranched alkanes of at least 4 members (excludes halogenated alkanes) is 1. The van der Waals surface area contributed by atoms with Crippen LogP contribution in [0.1, 0.15) is 25.5 Å². The van der Waals surface area contributed by atoms with Gasteiger partial charge in [0.2, 0.25) is 5.88 Å². The lowest BCUT2D eigenvalue weighted by atomic mass is 10.2. The normalized spacial score (nSPS) is 10.9. The summed E-state index contributed by atoms with van der Waals surface area (Å²) in [4.78, 5) is 4.37. The highest BCUT2D eigenvalue weighted by Gasteiger charge is 2.03. The third kappa shape index (κ3) is 1.55. The molecule has 2 aromatic heterocycles. The summed E-state index contributed by atoms with van der Waals surface area (Å²) >= 11 is 0. The minimum Gasteiger partial charge on any atom is -0.493 e. The third-order valence-electron chi connectivity index (χ3n) is 2.18. The summed E-state index contributed by atoms with van der Waals surface area (Å²) in [6.45, 7) is 2.14. The molecule has 0 aliphatic rings. The first kappa shape index (κ1) is 8.99. The van der Waals surface area contributed by atoms with Crippen LogP contribution < -0.4 is 0 Å². The SMILES string of the molecule is CCCCc1cc(O)n2nccc2n1. The average molecular weight is 191 g/mol. The van der Waals surface area contributed by atoms with Gasteiger partial charge in [-0.1, -0.05) is 13.3 Å². The van der Waals surface area contributed by atoms with Crippen molar-refractivity contribution >= 4 is 5.65 Å². The van der Waals surface area contributed by atoms with Crippen molar-refractivity contribution in [3.8, 4) is 5.88 Å². The molecule has 4 heteroatoms. The number of hydrogen-bond acceptors (Lipinski definition) is 3. The molecule has 2 rings (SSSR count). The molecule has 0 amide bonds. The van der Waals surface area contributed by atoms with Crippen LogP contribution in [0, 0.1) is 0 Å². The van der Waals surface area contributed by atoms with Crippen LogP contribution in [0.2, 0.25) is 0 Å². The molecule has 0 aliphatic carbocycles. The zero-order valence-electron chi connectivity index (χ0n) is 8.14. The lowest BCUT2D eigenvalue weighted by Crippen LogP contribution is -1.96. The summed E-state index contributed by atoms with van der Waals surface area (Å²) in [5.74, 6) is 0.158. The van der Waals surface area contributed by atoms with Gasteiger partial charge in [0.25, 0.3) is 0 Å². The summed E-state index contributed by atoms with van der Waals surface area (Å²) in [6.07, 6.45) is 4.76. The van der Waals surface area contributed by atoms with Crippen LogP contribution in [0.25, 0.3) is 5.65 Å². The van der Waals surface area contributed by atoms with Crippen LogP contribution in [-0.4, -0.2) is 19.7 Å². The second kappa shape index (κ2) is 3.65. The number of rotatable bonds is 3. The van der Waals surface area contributed by atoms with Crippen molar-refractivity contribution in [3.05, 3.63) is 24.0 Å². The number of hydrogen-bond donors (Lipinski definition) is 1. The van der Waals surface area contributed by atoms with Crippen LogP contribution in [0.5, 0.6) is 5.88 Å². The highest BCUT2D eigenvalue weighted by Crippen LogP contribution is 2.14. The van der Waals surface area contributed by atoms with E-state index in [2.05, 4.69) is 17.0 Å². The molecule has 0 fully saturated rings. The molecule has 0 radical (unpaired) electrons. The lowest BCUT2D eigenvalue weighted by molar-refractivity contribution is 0.434. The Bertz CT molecular complexity index is 436. The quantitative estimate of drug-likeness (QED) is 0.804. The Kier molecular flexibility index (Phi) is 2.35. The van der Waals surface area contributed by atoms with Crippen molar-refractivity contribution in [2.75, 3.05) is 0 Å². The van der Waals surface area contributed by atoms with Crippen LogP contribution >= 0.6 is 0 Å². The van der Waals surface area contributed by atoms with Crippen molar-refractivity contribution in [1.82, 2.24) is 14.6 Å². The second-order valence-electron chi connectivity index (χ2n) is 3.31. The van der Waals surface area contributed by atoms with Gasteiger partial charge in [-0.25, -0.2) is 4.98 Å². The summed E-state index contributed by atoms with van der Waals surface area (Å²) < 4.78 is 1.43. The molecule has 0 unspecified atom stereocenters. The molecular weight excluding hydrogens is 178 g/mol. The molecule has 0 bridgehead atoms. The largest absolute Gasteiger partial charge is 0.493 e. The lowest BCUT2D eigenvalue weighted by Gasteiger charge is -2.02. The van der Waals surface area contributed by atoms with Gasteiger partial charge in [0, 0.05) is 17.8 Å². The van der Waals surface area contributed by atoms with E-state index in [1.165, 1.54) is 4.52 Å². The van der Waals surface area contributed by atoms with E-state index < -0.39 is 0 Å². The predicted molar refractivity (Wildman–Crippen MR) is 53.3 cm³/mol. The maximum atomic E-state index is 9.60. The Labute approximate surface area is 82.2 Å². The number of aromatic nitrogens is 3. The molecule has 0 spiro atoms. The van der Waals surface area contributed by atoms with Gasteiger partial charge in [-0.3, -0.25) is 0 Å². The summed E-state index contributed by atoms with van der Waals surface area (Å²) in [5, 5.41) is 13.5. The maximum Gasteiger partial charge on any atom is 0.215 e. The maximum absolute atomic E-state index is 9.60. The molecule has 0 saturated heterocycles. The molecule has 4 nitrogen and oxygen atoms in total. The molecule has 0 aliphatic heterocycles. The first-order valence-corrected chi connectivity index (χ1v) is 4.84. The fourth-order valence-corrected chi connectivity index (χ4v) is 1.43. The van der Waals surface area contributed by atoms with Crippen molar-refractivity contribution in [3.63, 3.8) is 0 Å². The van der Waals surface area contributed by atoms with Gasteiger partial charge in [-0.2, -0.15) is 9.61 Å². The Morgan fingerprint density at radius 2 is 2.36 bits per heavy atom. The highest BCUT2D eigenvalue weighted by atomic mass is 16.3. The highest BCUT2D eigenvalue weighted by molar-refractivity contribution is 5.40. The zero-order chi connectivity index (χ0) is 9.97. The standard InChI is InChI=1S/C10H13N3O/c1-2-3-4-8-7-10(14)13-9(12-8)5-6-11-13/h5-7,14H,2-4H2,1H3. The number of aryl methyl sites for hydroxylation is 1. The molecule has 0 aromatic carbocycles. The summed E-state index contributed by atoms with van der Waals surface area (Å²) in [5.41, 5.74) is 1.63. The van der Waals surface area contributed by atoms with Gasteiger partial charge < -0.3 is 5.11 Å². The van der Waals surface area contributed by atoms with Crippen molar-refractivity contribution < 1.29 is 5.11 Å². The minimum absolute atomic E-state index is 0.158. The predicted octanol–water partition coefficient (Wildman–Crippen LogP) is 1.78. The third-order valence-corrected chi connectivity index (χ3v) is 2.18. The molecule has 74 valence electrons. The van der Waals surface area contributed by atoms with Gasteiger partial charge in [0.1, 0.15) is 0 Å². The smallest absolute Gasteiger partial charge is 0.215 e. The van der Waals surface area contributed by atoms with E-state index in [-0.39, 0.29) is 5.88 Å². The molecule has 1 N–H and O–H groups in total.